The van der Waals surface area contributed by atoms with Crippen LogP contribution in [-0.2, 0) is 5.41 Å². The third kappa shape index (κ3) is 1.57. The Morgan fingerprint density at radius 2 is 2.00 bits per heavy atom. The van der Waals surface area contributed by atoms with Crippen LogP contribution in [0, 0.1) is 11.6 Å². The van der Waals surface area contributed by atoms with E-state index in [0.717, 1.165) is 18.9 Å². The Kier molecular flexibility index (Phi) is 2.62. The molecule has 2 rings (SSSR count). The van der Waals surface area contributed by atoms with Crippen molar-refractivity contribution in [3.8, 4) is 5.75 Å². The number of methoxy groups -OCH3 is 1. The van der Waals surface area contributed by atoms with Gasteiger partial charge in [0.2, 0.25) is 0 Å². The molecule has 0 aliphatic heterocycles. The van der Waals surface area contributed by atoms with E-state index in [4.69, 9.17) is 4.74 Å². The highest BCUT2D eigenvalue weighted by Crippen LogP contribution is 2.54. The second-order valence-electron chi connectivity index (χ2n) is 4.30. The summed E-state index contributed by atoms with van der Waals surface area (Å²) in [4.78, 5) is 0. The van der Waals surface area contributed by atoms with E-state index in [1.165, 1.54) is 13.2 Å². The van der Waals surface area contributed by atoms with Gasteiger partial charge < -0.3 is 9.84 Å². The Bertz CT molecular complexity index is 412. The summed E-state index contributed by atoms with van der Waals surface area (Å²) in [5.74, 6) is -1.32. The normalized spacial score (nSPS) is 19.3. The van der Waals surface area contributed by atoms with E-state index in [9.17, 15) is 13.9 Å². The molecule has 16 heavy (non-hydrogen) atoms. The molecule has 1 aromatic rings. The van der Waals surface area contributed by atoms with E-state index in [0.29, 0.717) is 5.56 Å². The lowest BCUT2D eigenvalue weighted by Crippen LogP contribution is -2.23. The van der Waals surface area contributed by atoms with E-state index in [1.54, 1.807) is 6.92 Å². The molecule has 0 amide bonds. The van der Waals surface area contributed by atoms with Crippen molar-refractivity contribution in [2.75, 3.05) is 7.11 Å². The molecule has 2 nitrogen and oxygen atoms in total. The number of hydrogen-bond donors (Lipinski definition) is 1. The summed E-state index contributed by atoms with van der Waals surface area (Å²) in [5.41, 5.74) is -0.101. The second kappa shape index (κ2) is 3.70. The standard InChI is InChI=1S/C12H14F2O2/c1-7(15)12(3-4-12)9-5-8(13)6-10(14)11(9)16-2/h5-7,15H,3-4H2,1-2H3. The average Bonchev–Trinajstić information content (AvgIpc) is 2.97. The minimum Gasteiger partial charge on any atom is -0.493 e. The fraction of sp³-hybridized carbons (Fsp3) is 0.500. The van der Waals surface area contributed by atoms with Crippen LogP contribution in [0.1, 0.15) is 25.3 Å². The Morgan fingerprint density at radius 1 is 1.38 bits per heavy atom. The van der Waals surface area contributed by atoms with E-state index < -0.39 is 23.2 Å². The maximum atomic E-state index is 13.5. The average molecular weight is 228 g/mol. The molecule has 1 aromatic carbocycles. The fourth-order valence-corrected chi connectivity index (χ4v) is 2.18. The van der Waals surface area contributed by atoms with Gasteiger partial charge in [-0.1, -0.05) is 0 Å². The molecule has 0 radical (unpaired) electrons. The quantitative estimate of drug-likeness (QED) is 0.860. The van der Waals surface area contributed by atoms with Gasteiger partial charge >= 0.3 is 0 Å². The third-order valence-corrected chi connectivity index (χ3v) is 3.34. The van der Waals surface area contributed by atoms with Gasteiger partial charge in [-0.05, 0) is 25.8 Å². The van der Waals surface area contributed by atoms with Crippen molar-refractivity contribution in [2.24, 2.45) is 0 Å². The van der Waals surface area contributed by atoms with Crippen molar-refractivity contribution in [3.63, 3.8) is 0 Å². The number of rotatable bonds is 3. The Balaban J connectivity index is 2.55. The first-order valence-corrected chi connectivity index (χ1v) is 5.23. The minimum atomic E-state index is -0.718. The molecule has 0 saturated heterocycles. The number of halogens is 2. The molecule has 1 unspecified atom stereocenters. The van der Waals surface area contributed by atoms with Crippen LogP contribution in [-0.4, -0.2) is 18.3 Å². The number of benzene rings is 1. The van der Waals surface area contributed by atoms with Crippen molar-refractivity contribution in [1.82, 2.24) is 0 Å². The molecule has 1 aliphatic carbocycles. The monoisotopic (exact) mass is 228 g/mol. The molecule has 0 aromatic heterocycles. The lowest BCUT2D eigenvalue weighted by atomic mass is 9.90. The smallest absolute Gasteiger partial charge is 0.168 e. The SMILES string of the molecule is COc1c(F)cc(F)cc1C1(C(C)O)CC1. The predicted octanol–water partition coefficient (Wildman–Crippen LogP) is 2.39. The van der Waals surface area contributed by atoms with Crippen LogP contribution in [0.5, 0.6) is 5.75 Å². The van der Waals surface area contributed by atoms with Crippen molar-refractivity contribution in [3.05, 3.63) is 29.3 Å². The number of aliphatic hydroxyl groups is 1. The molecule has 4 heteroatoms. The topological polar surface area (TPSA) is 29.5 Å². The molecule has 0 heterocycles. The zero-order chi connectivity index (χ0) is 11.9. The van der Waals surface area contributed by atoms with E-state index >= 15 is 0 Å². The van der Waals surface area contributed by atoms with Crippen molar-refractivity contribution >= 4 is 0 Å². The molecule has 1 atom stereocenters. The third-order valence-electron chi connectivity index (χ3n) is 3.34. The maximum absolute atomic E-state index is 13.5. The Morgan fingerprint density at radius 3 is 2.44 bits per heavy atom. The fourth-order valence-electron chi connectivity index (χ4n) is 2.18. The summed E-state index contributed by atoms with van der Waals surface area (Å²) in [6.07, 6.45) is 0.816. The van der Waals surface area contributed by atoms with Crippen LogP contribution < -0.4 is 4.74 Å². The van der Waals surface area contributed by atoms with Crippen molar-refractivity contribution in [2.45, 2.75) is 31.3 Å². The summed E-state index contributed by atoms with van der Waals surface area (Å²) in [7, 11) is 1.35. The summed E-state index contributed by atoms with van der Waals surface area (Å²) in [5, 5.41) is 9.70. The summed E-state index contributed by atoms with van der Waals surface area (Å²) in [6, 6.07) is 2.04. The van der Waals surface area contributed by atoms with Gasteiger partial charge in [-0.25, -0.2) is 8.78 Å². The molecule has 0 bridgehead atoms. The van der Waals surface area contributed by atoms with E-state index in [-0.39, 0.29) is 5.75 Å². The number of hydrogen-bond acceptors (Lipinski definition) is 2. The largest absolute Gasteiger partial charge is 0.493 e. The first-order chi connectivity index (χ1) is 7.51. The van der Waals surface area contributed by atoms with Crippen LogP contribution >= 0.6 is 0 Å². The highest BCUT2D eigenvalue weighted by atomic mass is 19.1. The van der Waals surface area contributed by atoms with E-state index in [1.807, 2.05) is 0 Å². The molecule has 1 saturated carbocycles. The lowest BCUT2D eigenvalue weighted by molar-refractivity contribution is 0.148. The first kappa shape index (κ1) is 11.3. The highest BCUT2D eigenvalue weighted by molar-refractivity contribution is 5.45. The van der Waals surface area contributed by atoms with Crippen LogP contribution in [0.4, 0.5) is 8.78 Å². The molecule has 1 fully saturated rings. The van der Waals surface area contributed by atoms with Gasteiger partial charge in [0.25, 0.3) is 0 Å². The summed E-state index contributed by atoms with van der Waals surface area (Å²) < 4.78 is 31.6. The van der Waals surface area contributed by atoms with Gasteiger partial charge in [0.05, 0.1) is 13.2 Å². The maximum Gasteiger partial charge on any atom is 0.168 e. The van der Waals surface area contributed by atoms with E-state index in [2.05, 4.69) is 0 Å². The first-order valence-electron chi connectivity index (χ1n) is 5.23. The molecule has 0 spiro atoms. The van der Waals surface area contributed by atoms with Crippen LogP contribution in [0.15, 0.2) is 12.1 Å². The molecule has 1 N–H and O–H groups in total. The minimum absolute atomic E-state index is 0.0415. The van der Waals surface area contributed by atoms with Crippen LogP contribution in [0.25, 0.3) is 0 Å². The van der Waals surface area contributed by atoms with Gasteiger partial charge in [0.1, 0.15) is 5.82 Å². The zero-order valence-corrected chi connectivity index (χ0v) is 9.26. The summed E-state index contributed by atoms with van der Waals surface area (Å²) >= 11 is 0. The molecular formula is C12H14F2O2. The Labute approximate surface area is 92.9 Å². The molecular weight excluding hydrogens is 214 g/mol. The van der Waals surface area contributed by atoms with Gasteiger partial charge in [0, 0.05) is 17.0 Å². The van der Waals surface area contributed by atoms with Crippen molar-refractivity contribution < 1.29 is 18.6 Å². The predicted molar refractivity (Wildman–Crippen MR) is 55.5 cm³/mol. The number of ether oxygens (including phenoxy) is 1. The number of aliphatic hydroxyl groups excluding tert-OH is 1. The Hall–Kier alpha value is -1.16. The lowest BCUT2D eigenvalue weighted by Gasteiger charge is -2.22. The van der Waals surface area contributed by atoms with Crippen LogP contribution in [0.2, 0.25) is 0 Å². The second-order valence-corrected chi connectivity index (χ2v) is 4.30. The molecule has 88 valence electrons. The van der Waals surface area contributed by atoms with Gasteiger partial charge in [-0.3, -0.25) is 0 Å². The van der Waals surface area contributed by atoms with Crippen molar-refractivity contribution in [1.29, 1.82) is 0 Å². The summed E-state index contributed by atoms with van der Waals surface area (Å²) in [6.45, 7) is 1.63. The zero-order valence-electron chi connectivity index (χ0n) is 9.26. The van der Waals surface area contributed by atoms with Gasteiger partial charge in [-0.15, -0.1) is 0 Å². The van der Waals surface area contributed by atoms with Crippen LogP contribution in [0.3, 0.4) is 0 Å². The molecule has 1 aliphatic rings. The highest BCUT2D eigenvalue weighted by Gasteiger charge is 2.50. The van der Waals surface area contributed by atoms with Gasteiger partial charge in [-0.2, -0.15) is 0 Å². The van der Waals surface area contributed by atoms with Gasteiger partial charge in [0.15, 0.2) is 11.6 Å².